The number of nitrogens with one attached hydrogen (secondary N) is 1. The molecule has 7 nitrogen and oxygen atoms in total. The number of aromatic amines is 1. The van der Waals surface area contributed by atoms with Gasteiger partial charge in [0.05, 0.1) is 18.0 Å². The molecule has 0 spiro atoms. The molecule has 2 aromatic rings. The standard InChI is InChI=1S/C15H14N2O5/c1-17(8-12(19)22-2)15(21)10-7-16-13-9(14(10)20)5-3-4-6-11(13)18/h3-7H,8H2,1-2H3,(H,16,20). The van der Waals surface area contributed by atoms with Crippen LogP contribution in [0.2, 0.25) is 0 Å². The van der Waals surface area contributed by atoms with Gasteiger partial charge in [0.15, 0.2) is 0 Å². The van der Waals surface area contributed by atoms with Gasteiger partial charge in [-0.1, -0.05) is 12.1 Å². The molecule has 0 aliphatic carbocycles. The van der Waals surface area contributed by atoms with E-state index in [9.17, 15) is 19.2 Å². The van der Waals surface area contributed by atoms with Crippen molar-refractivity contribution in [3.63, 3.8) is 0 Å². The molecule has 0 aliphatic heterocycles. The molecule has 0 saturated heterocycles. The first-order chi connectivity index (χ1) is 10.5. The largest absolute Gasteiger partial charge is 0.468 e. The molecule has 0 fully saturated rings. The minimum atomic E-state index is -0.632. The highest BCUT2D eigenvalue weighted by Gasteiger charge is 2.19. The SMILES string of the molecule is COC(=O)CN(C)C(=O)c1c[nH]c2c(=O)ccccc2c1=O. The van der Waals surface area contributed by atoms with Crippen molar-refractivity contribution in [1.29, 1.82) is 0 Å². The Labute approximate surface area is 125 Å². The van der Waals surface area contributed by atoms with Gasteiger partial charge in [0.25, 0.3) is 5.91 Å². The lowest BCUT2D eigenvalue weighted by atomic mass is 10.1. The second-order valence-corrected chi connectivity index (χ2v) is 4.64. The minimum Gasteiger partial charge on any atom is -0.468 e. The van der Waals surface area contributed by atoms with Crippen molar-refractivity contribution in [2.75, 3.05) is 20.7 Å². The number of rotatable bonds is 3. The van der Waals surface area contributed by atoms with Crippen molar-refractivity contribution >= 4 is 22.8 Å². The van der Waals surface area contributed by atoms with E-state index in [0.717, 1.165) is 4.90 Å². The van der Waals surface area contributed by atoms with Gasteiger partial charge in [-0.15, -0.1) is 0 Å². The Morgan fingerprint density at radius 3 is 2.59 bits per heavy atom. The van der Waals surface area contributed by atoms with Gasteiger partial charge in [0, 0.05) is 13.2 Å². The Hall–Kier alpha value is -2.96. The summed E-state index contributed by atoms with van der Waals surface area (Å²) in [6.07, 6.45) is 1.18. The number of ether oxygens (including phenoxy) is 1. The normalized spacial score (nSPS) is 10.3. The summed E-state index contributed by atoms with van der Waals surface area (Å²) in [7, 11) is 2.59. The molecule has 0 saturated carbocycles. The average molecular weight is 302 g/mol. The molecule has 114 valence electrons. The zero-order valence-corrected chi connectivity index (χ0v) is 12.1. The lowest BCUT2D eigenvalue weighted by Crippen LogP contribution is -2.35. The van der Waals surface area contributed by atoms with E-state index in [1.807, 2.05) is 0 Å². The molecule has 1 aromatic heterocycles. The first-order valence-electron chi connectivity index (χ1n) is 6.42. The number of hydrogen-bond acceptors (Lipinski definition) is 5. The van der Waals surface area contributed by atoms with Crippen LogP contribution in [0.3, 0.4) is 0 Å². The van der Waals surface area contributed by atoms with Gasteiger partial charge in [-0.3, -0.25) is 19.2 Å². The van der Waals surface area contributed by atoms with E-state index in [4.69, 9.17) is 0 Å². The summed E-state index contributed by atoms with van der Waals surface area (Å²) in [5.74, 6) is -1.23. The lowest BCUT2D eigenvalue weighted by Gasteiger charge is -2.15. The molecule has 1 aromatic carbocycles. The number of fused-ring (bicyclic) bond motifs is 1. The number of carbonyl (C=O) groups excluding carboxylic acids is 2. The quantitative estimate of drug-likeness (QED) is 0.813. The van der Waals surface area contributed by atoms with Gasteiger partial charge in [0.1, 0.15) is 12.1 Å². The maximum absolute atomic E-state index is 12.4. The van der Waals surface area contributed by atoms with Crippen molar-refractivity contribution in [2.45, 2.75) is 0 Å². The maximum Gasteiger partial charge on any atom is 0.325 e. The monoisotopic (exact) mass is 302 g/mol. The van der Waals surface area contributed by atoms with Gasteiger partial charge in [0.2, 0.25) is 10.9 Å². The number of esters is 1. The van der Waals surface area contributed by atoms with E-state index in [2.05, 4.69) is 9.72 Å². The topological polar surface area (TPSA) is 96.5 Å². The van der Waals surface area contributed by atoms with Crippen molar-refractivity contribution in [3.05, 3.63) is 56.5 Å². The van der Waals surface area contributed by atoms with Gasteiger partial charge < -0.3 is 14.6 Å². The predicted octanol–water partition coefficient (Wildman–Crippen LogP) is 0.133. The van der Waals surface area contributed by atoms with E-state index < -0.39 is 17.3 Å². The van der Waals surface area contributed by atoms with Crippen LogP contribution >= 0.6 is 0 Å². The molecule has 1 N–H and O–H groups in total. The fraction of sp³-hybridized carbons (Fsp3) is 0.200. The molecular weight excluding hydrogens is 288 g/mol. The first kappa shape index (κ1) is 15.4. The van der Waals surface area contributed by atoms with E-state index in [1.54, 1.807) is 6.07 Å². The van der Waals surface area contributed by atoms with Gasteiger partial charge in [-0.05, 0) is 12.1 Å². The summed E-state index contributed by atoms with van der Waals surface area (Å²) in [5.41, 5.74) is -0.936. The molecule has 22 heavy (non-hydrogen) atoms. The van der Waals surface area contributed by atoms with E-state index in [1.165, 1.54) is 38.6 Å². The van der Waals surface area contributed by atoms with Crippen LogP contribution in [-0.2, 0) is 9.53 Å². The second kappa shape index (κ2) is 6.21. The molecule has 0 atom stereocenters. The minimum absolute atomic E-state index is 0.118. The Balaban J connectivity index is 2.52. The molecule has 0 aliphatic rings. The molecule has 1 amide bonds. The van der Waals surface area contributed by atoms with Crippen molar-refractivity contribution in [3.8, 4) is 0 Å². The van der Waals surface area contributed by atoms with Crippen LogP contribution in [0, 0.1) is 0 Å². The third kappa shape index (κ3) is 2.88. The molecule has 7 heteroatoms. The Bertz CT molecular complexity index is 856. The van der Waals surface area contributed by atoms with Crippen LogP contribution in [0.5, 0.6) is 0 Å². The molecule has 2 rings (SSSR count). The molecule has 0 bridgehead atoms. The number of carbonyl (C=O) groups is 2. The van der Waals surface area contributed by atoms with Crippen molar-refractivity contribution in [2.24, 2.45) is 0 Å². The van der Waals surface area contributed by atoms with Gasteiger partial charge >= 0.3 is 5.97 Å². The molecule has 1 heterocycles. The van der Waals surface area contributed by atoms with Crippen LogP contribution in [0.4, 0.5) is 0 Å². The summed E-state index contributed by atoms with van der Waals surface area (Å²) in [4.78, 5) is 51.4. The summed E-state index contributed by atoms with van der Waals surface area (Å²) in [5, 5.41) is 0.118. The van der Waals surface area contributed by atoms with Crippen molar-refractivity contribution < 1.29 is 14.3 Å². The Kier molecular flexibility index (Phi) is 4.36. The fourth-order valence-electron chi connectivity index (χ4n) is 1.98. The Morgan fingerprint density at radius 1 is 1.23 bits per heavy atom. The summed E-state index contributed by atoms with van der Waals surface area (Å²) >= 11 is 0. The van der Waals surface area contributed by atoms with Crippen LogP contribution in [-0.4, -0.2) is 42.5 Å². The molecular formula is C15H14N2O5. The van der Waals surface area contributed by atoms with Gasteiger partial charge in [-0.25, -0.2) is 0 Å². The molecule has 0 radical (unpaired) electrons. The first-order valence-corrected chi connectivity index (χ1v) is 6.42. The average Bonchev–Trinajstić information content (AvgIpc) is 2.69. The fourth-order valence-corrected chi connectivity index (χ4v) is 1.98. The zero-order chi connectivity index (χ0) is 16.3. The van der Waals surface area contributed by atoms with Crippen molar-refractivity contribution in [1.82, 2.24) is 9.88 Å². The number of amides is 1. The van der Waals surface area contributed by atoms with E-state index in [0.29, 0.717) is 0 Å². The van der Waals surface area contributed by atoms with E-state index >= 15 is 0 Å². The number of methoxy groups -OCH3 is 1. The maximum atomic E-state index is 12.4. The third-order valence-electron chi connectivity index (χ3n) is 3.16. The van der Waals surface area contributed by atoms with Gasteiger partial charge in [-0.2, -0.15) is 0 Å². The van der Waals surface area contributed by atoms with Crippen LogP contribution in [0.25, 0.3) is 10.9 Å². The van der Waals surface area contributed by atoms with Crippen LogP contribution < -0.4 is 10.9 Å². The summed E-state index contributed by atoms with van der Waals surface area (Å²) < 4.78 is 4.48. The van der Waals surface area contributed by atoms with Crippen LogP contribution in [0.1, 0.15) is 10.4 Å². The van der Waals surface area contributed by atoms with Crippen LogP contribution in [0.15, 0.2) is 40.1 Å². The number of likely N-dealkylation sites (N-methyl/N-ethyl adjacent to an activating group) is 1. The number of aromatic nitrogens is 1. The molecule has 0 unspecified atom stereocenters. The lowest BCUT2D eigenvalue weighted by molar-refractivity contribution is -0.141. The third-order valence-corrected chi connectivity index (χ3v) is 3.16. The zero-order valence-electron chi connectivity index (χ0n) is 12.1. The summed E-state index contributed by atoms with van der Waals surface area (Å²) in [6, 6.07) is 5.85. The Morgan fingerprint density at radius 2 is 1.91 bits per heavy atom. The second-order valence-electron chi connectivity index (χ2n) is 4.64. The number of H-pyrrole nitrogens is 1. The highest BCUT2D eigenvalue weighted by atomic mass is 16.5. The smallest absolute Gasteiger partial charge is 0.325 e. The number of hydrogen-bond donors (Lipinski definition) is 1. The number of pyridine rings is 1. The highest BCUT2D eigenvalue weighted by Crippen LogP contribution is 2.04. The predicted molar refractivity (Wildman–Crippen MR) is 79.8 cm³/mol. The highest BCUT2D eigenvalue weighted by molar-refractivity contribution is 5.98. The van der Waals surface area contributed by atoms with E-state index in [-0.39, 0.29) is 28.4 Å². The summed E-state index contributed by atoms with van der Waals surface area (Å²) in [6.45, 7) is -0.276. The number of nitrogens with zero attached hydrogens (tertiary/aromatic N) is 1.